The van der Waals surface area contributed by atoms with Gasteiger partial charge in [0.1, 0.15) is 0 Å². The number of ketones is 1. The number of carbonyl (C=O) groups excluding carboxylic acids is 1. The zero-order chi connectivity index (χ0) is 15.6. The minimum Gasteiger partial charge on any atom is -0.353 e. The Balaban J connectivity index is 1.88. The fourth-order valence-electron chi connectivity index (χ4n) is 2.51. The molecule has 7 heteroatoms. The maximum atomic E-state index is 12.1. The summed E-state index contributed by atoms with van der Waals surface area (Å²) >= 11 is 0. The molecule has 0 saturated carbocycles. The van der Waals surface area contributed by atoms with Crippen LogP contribution >= 0.6 is 0 Å². The van der Waals surface area contributed by atoms with Crippen molar-refractivity contribution in [3.63, 3.8) is 0 Å². The molecule has 0 amide bonds. The van der Waals surface area contributed by atoms with Gasteiger partial charge >= 0.3 is 0 Å². The number of aromatic nitrogens is 1. The molecule has 0 spiro atoms. The summed E-state index contributed by atoms with van der Waals surface area (Å²) in [5, 5.41) is 10.6. The maximum absolute atomic E-state index is 12.1. The van der Waals surface area contributed by atoms with Gasteiger partial charge in [0.2, 0.25) is 0 Å². The van der Waals surface area contributed by atoms with E-state index in [-0.39, 0.29) is 17.0 Å². The molecule has 0 atom stereocenters. The van der Waals surface area contributed by atoms with Crippen molar-refractivity contribution in [3.8, 4) is 0 Å². The van der Waals surface area contributed by atoms with Crippen LogP contribution in [0.25, 0.3) is 0 Å². The molecule has 0 bridgehead atoms. The topological polar surface area (TPSA) is 82.5 Å². The lowest BCUT2D eigenvalue weighted by molar-refractivity contribution is -0.384. The SMILES string of the molecule is CC(C)(C)N1CCN(CC(=O)c2cc([N+](=O)[O-])c[nH]2)CC1. The van der Waals surface area contributed by atoms with Crippen LogP contribution in [0.15, 0.2) is 12.3 Å². The van der Waals surface area contributed by atoms with Crippen molar-refractivity contribution in [1.29, 1.82) is 0 Å². The zero-order valence-corrected chi connectivity index (χ0v) is 12.8. The van der Waals surface area contributed by atoms with Crippen molar-refractivity contribution in [2.75, 3.05) is 32.7 Å². The van der Waals surface area contributed by atoms with Crippen molar-refractivity contribution in [2.24, 2.45) is 0 Å². The van der Waals surface area contributed by atoms with Crippen molar-refractivity contribution in [1.82, 2.24) is 14.8 Å². The van der Waals surface area contributed by atoms with Crippen LogP contribution in [-0.2, 0) is 0 Å². The molecule has 1 fully saturated rings. The Hall–Kier alpha value is -1.73. The van der Waals surface area contributed by atoms with E-state index in [4.69, 9.17) is 0 Å². The van der Waals surface area contributed by atoms with Gasteiger partial charge in [0, 0.05) is 37.8 Å². The number of carbonyl (C=O) groups is 1. The number of hydrogen-bond acceptors (Lipinski definition) is 5. The molecule has 1 aliphatic rings. The number of hydrogen-bond donors (Lipinski definition) is 1. The van der Waals surface area contributed by atoms with Crippen molar-refractivity contribution in [2.45, 2.75) is 26.3 Å². The van der Waals surface area contributed by atoms with E-state index in [1.165, 1.54) is 12.3 Å². The highest BCUT2D eigenvalue weighted by molar-refractivity contribution is 5.96. The highest BCUT2D eigenvalue weighted by Crippen LogP contribution is 2.17. The first-order chi connectivity index (χ1) is 9.77. The molecule has 2 rings (SSSR count). The molecule has 1 aromatic rings. The standard InChI is InChI=1S/C14H22N4O3/c1-14(2,3)17-6-4-16(5-7-17)10-13(19)12-8-11(9-15-12)18(20)21/h8-9,15H,4-7,10H2,1-3H3. The monoisotopic (exact) mass is 294 g/mol. The molecule has 7 nitrogen and oxygen atoms in total. The second-order valence-corrected chi connectivity index (χ2v) is 6.39. The summed E-state index contributed by atoms with van der Waals surface area (Å²) in [5.74, 6) is -0.104. The van der Waals surface area contributed by atoms with Gasteiger partial charge in [0.15, 0.2) is 5.78 Å². The fourth-order valence-corrected chi connectivity index (χ4v) is 2.51. The summed E-state index contributed by atoms with van der Waals surface area (Å²) < 4.78 is 0. The number of piperazine rings is 1. The average molecular weight is 294 g/mol. The van der Waals surface area contributed by atoms with Gasteiger partial charge in [-0.05, 0) is 20.8 Å². The molecular weight excluding hydrogens is 272 g/mol. The summed E-state index contributed by atoms with van der Waals surface area (Å²) in [6.07, 6.45) is 1.25. The highest BCUT2D eigenvalue weighted by Gasteiger charge is 2.27. The molecule has 0 radical (unpaired) electrons. The molecule has 2 heterocycles. The third-order valence-electron chi connectivity index (χ3n) is 3.87. The number of aromatic amines is 1. The number of H-pyrrole nitrogens is 1. The Morgan fingerprint density at radius 2 is 1.95 bits per heavy atom. The van der Waals surface area contributed by atoms with E-state index in [0.29, 0.717) is 12.2 Å². The lowest BCUT2D eigenvalue weighted by atomic mass is 10.0. The summed E-state index contributed by atoms with van der Waals surface area (Å²) in [7, 11) is 0. The smallest absolute Gasteiger partial charge is 0.287 e. The number of nitrogens with zero attached hydrogens (tertiary/aromatic N) is 3. The number of rotatable bonds is 4. The van der Waals surface area contributed by atoms with Crippen molar-refractivity contribution in [3.05, 3.63) is 28.1 Å². The van der Waals surface area contributed by atoms with Crippen molar-refractivity contribution < 1.29 is 9.72 Å². The Labute approximate surface area is 124 Å². The molecule has 21 heavy (non-hydrogen) atoms. The normalized spacial score (nSPS) is 17.9. The van der Waals surface area contributed by atoms with Crippen LogP contribution in [0.1, 0.15) is 31.3 Å². The van der Waals surface area contributed by atoms with Gasteiger partial charge in [-0.15, -0.1) is 0 Å². The minimum atomic E-state index is -0.505. The maximum Gasteiger partial charge on any atom is 0.287 e. The molecular formula is C14H22N4O3. The van der Waals surface area contributed by atoms with Crippen molar-refractivity contribution >= 4 is 11.5 Å². The summed E-state index contributed by atoms with van der Waals surface area (Å²) in [6.45, 7) is 10.4. The predicted octanol–water partition coefficient (Wildman–Crippen LogP) is 1.52. The van der Waals surface area contributed by atoms with Gasteiger partial charge in [-0.1, -0.05) is 0 Å². The summed E-state index contributed by atoms with van der Waals surface area (Å²) in [6, 6.07) is 1.30. The van der Waals surface area contributed by atoms with Gasteiger partial charge in [-0.3, -0.25) is 24.7 Å². The largest absolute Gasteiger partial charge is 0.353 e. The number of nitro groups is 1. The van der Waals surface area contributed by atoms with E-state index in [2.05, 4.69) is 35.6 Å². The minimum absolute atomic E-state index is 0.0732. The Morgan fingerprint density at radius 1 is 1.33 bits per heavy atom. The van der Waals surface area contributed by atoms with Crippen LogP contribution < -0.4 is 0 Å². The van der Waals surface area contributed by atoms with Crippen LogP contribution in [0.5, 0.6) is 0 Å². The Morgan fingerprint density at radius 3 is 2.43 bits per heavy atom. The van der Waals surface area contributed by atoms with Gasteiger partial charge in [0.25, 0.3) is 5.69 Å². The van der Waals surface area contributed by atoms with E-state index >= 15 is 0 Å². The molecule has 0 aliphatic carbocycles. The van der Waals surface area contributed by atoms with Crippen LogP contribution in [0.2, 0.25) is 0 Å². The van der Waals surface area contributed by atoms with Gasteiger partial charge < -0.3 is 4.98 Å². The predicted molar refractivity (Wildman–Crippen MR) is 79.5 cm³/mol. The molecule has 0 aromatic carbocycles. The van der Waals surface area contributed by atoms with Crippen LogP contribution in [0.4, 0.5) is 5.69 Å². The quantitative estimate of drug-likeness (QED) is 0.517. The third kappa shape index (κ3) is 3.89. The van der Waals surface area contributed by atoms with Gasteiger partial charge in [0.05, 0.1) is 23.4 Å². The van der Waals surface area contributed by atoms with E-state index in [9.17, 15) is 14.9 Å². The summed E-state index contributed by atoms with van der Waals surface area (Å²) in [5.41, 5.74) is 0.381. The third-order valence-corrected chi connectivity index (χ3v) is 3.87. The van der Waals surface area contributed by atoms with Crippen LogP contribution in [0, 0.1) is 10.1 Å². The van der Waals surface area contributed by atoms with Crippen LogP contribution in [0.3, 0.4) is 0 Å². The van der Waals surface area contributed by atoms with E-state index in [0.717, 1.165) is 26.2 Å². The van der Waals surface area contributed by atoms with Gasteiger partial charge in [-0.25, -0.2) is 0 Å². The van der Waals surface area contributed by atoms with Gasteiger partial charge in [-0.2, -0.15) is 0 Å². The molecule has 1 N–H and O–H groups in total. The highest BCUT2D eigenvalue weighted by atomic mass is 16.6. The molecule has 1 saturated heterocycles. The fraction of sp³-hybridized carbons (Fsp3) is 0.643. The Kier molecular flexibility index (Phi) is 4.43. The molecule has 1 aliphatic heterocycles. The van der Waals surface area contributed by atoms with E-state index < -0.39 is 4.92 Å². The molecule has 0 unspecified atom stereocenters. The molecule has 116 valence electrons. The second-order valence-electron chi connectivity index (χ2n) is 6.39. The second kappa shape index (κ2) is 5.95. The first-order valence-electron chi connectivity index (χ1n) is 7.11. The number of Topliss-reactive ketones (excluding diaryl/α,β-unsaturated/α-hetero) is 1. The summed E-state index contributed by atoms with van der Waals surface area (Å²) in [4.78, 5) is 29.4. The molecule has 1 aromatic heterocycles. The first kappa shape index (κ1) is 15.7. The van der Waals surface area contributed by atoms with E-state index in [1.807, 2.05) is 0 Å². The Bertz CT molecular complexity index is 525. The van der Waals surface area contributed by atoms with Crippen LogP contribution in [-0.4, -0.2) is 63.8 Å². The van der Waals surface area contributed by atoms with E-state index in [1.54, 1.807) is 0 Å². The first-order valence-corrected chi connectivity index (χ1v) is 7.11. The lowest BCUT2D eigenvalue weighted by Gasteiger charge is -2.42. The average Bonchev–Trinajstić information content (AvgIpc) is 2.88. The zero-order valence-electron chi connectivity index (χ0n) is 12.8. The number of nitrogens with one attached hydrogen (secondary N) is 1. The lowest BCUT2D eigenvalue weighted by Crippen LogP contribution is -2.54.